The molecule has 3 rings (SSSR count). The molecule has 1 amide bonds. The Bertz CT molecular complexity index is 704. The fraction of sp³-hybridized carbons (Fsp3) is 0.333. The molecular weight excluding hydrogens is 293 g/mol. The normalized spacial score (nSPS) is 18.2. The van der Waals surface area contributed by atoms with E-state index in [2.05, 4.69) is 9.88 Å². The van der Waals surface area contributed by atoms with Crippen molar-refractivity contribution in [1.29, 1.82) is 0 Å². The van der Waals surface area contributed by atoms with Crippen LogP contribution in [-0.4, -0.2) is 28.9 Å². The number of hydrogen-bond donors (Lipinski definition) is 1. The van der Waals surface area contributed by atoms with Crippen LogP contribution >= 0.6 is 0 Å². The monoisotopic (exact) mass is 313 g/mol. The molecule has 0 spiro atoms. The lowest BCUT2D eigenvalue weighted by Crippen LogP contribution is -2.33. The van der Waals surface area contributed by atoms with Crippen molar-refractivity contribution in [3.8, 4) is 0 Å². The highest BCUT2D eigenvalue weighted by molar-refractivity contribution is 5.76. The number of benzene rings is 1. The van der Waals surface area contributed by atoms with Gasteiger partial charge in [-0.3, -0.25) is 14.7 Å². The van der Waals surface area contributed by atoms with Crippen LogP contribution in [0.25, 0.3) is 0 Å². The molecule has 2 heterocycles. The summed E-state index contributed by atoms with van der Waals surface area (Å²) in [4.78, 5) is 18.0. The molecule has 1 saturated heterocycles. The maximum Gasteiger partial charge on any atom is 0.231 e. The topological polar surface area (TPSA) is 59.2 Å². The molecule has 1 aromatic carbocycles. The van der Waals surface area contributed by atoms with E-state index < -0.39 is 0 Å². The van der Waals surface area contributed by atoms with Crippen LogP contribution in [0.5, 0.6) is 0 Å². The minimum Gasteiger partial charge on any atom is -0.369 e. The van der Waals surface area contributed by atoms with Crippen LogP contribution in [0.4, 0.5) is 4.39 Å². The highest BCUT2D eigenvalue weighted by atomic mass is 19.1. The Morgan fingerprint density at radius 1 is 1.26 bits per heavy atom. The maximum absolute atomic E-state index is 13.8. The number of carbonyl (C=O) groups excluding carboxylic acids is 1. The van der Waals surface area contributed by atoms with Gasteiger partial charge in [-0.25, -0.2) is 4.39 Å². The average molecular weight is 313 g/mol. The highest BCUT2D eigenvalue weighted by Gasteiger charge is 2.28. The molecule has 1 aromatic heterocycles. The van der Waals surface area contributed by atoms with Crippen molar-refractivity contribution in [2.45, 2.75) is 25.3 Å². The number of pyridine rings is 1. The molecular formula is C18H20FN3O. The van der Waals surface area contributed by atoms with E-state index in [-0.39, 0.29) is 24.3 Å². The van der Waals surface area contributed by atoms with Crippen LogP contribution in [0.3, 0.4) is 0 Å². The van der Waals surface area contributed by atoms with Gasteiger partial charge < -0.3 is 5.73 Å². The average Bonchev–Trinajstić information content (AvgIpc) is 2.97. The summed E-state index contributed by atoms with van der Waals surface area (Å²) in [5.41, 5.74) is 7.72. The third-order valence-corrected chi connectivity index (χ3v) is 4.22. The summed E-state index contributed by atoms with van der Waals surface area (Å²) in [6.07, 6.45) is 2.45. The number of rotatable bonds is 5. The van der Waals surface area contributed by atoms with E-state index in [0.717, 1.165) is 30.8 Å². The van der Waals surface area contributed by atoms with E-state index in [1.54, 1.807) is 12.1 Å². The number of amides is 1. The van der Waals surface area contributed by atoms with Gasteiger partial charge in [0.2, 0.25) is 5.91 Å². The second-order valence-electron chi connectivity index (χ2n) is 5.92. The third kappa shape index (κ3) is 3.74. The Hall–Kier alpha value is -2.27. The summed E-state index contributed by atoms with van der Waals surface area (Å²) < 4.78 is 13.8. The fourth-order valence-electron chi connectivity index (χ4n) is 3.17. The Morgan fingerprint density at radius 2 is 2.09 bits per heavy atom. The molecule has 0 aliphatic carbocycles. The van der Waals surface area contributed by atoms with E-state index in [4.69, 9.17) is 5.73 Å². The molecule has 1 fully saturated rings. The van der Waals surface area contributed by atoms with Gasteiger partial charge in [0, 0.05) is 12.1 Å². The van der Waals surface area contributed by atoms with Crippen LogP contribution < -0.4 is 5.73 Å². The van der Waals surface area contributed by atoms with Crippen LogP contribution in [0, 0.1) is 5.82 Å². The van der Waals surface area contributed by atoms with E-state index in [1.807, 2.05) is 24.3 Å². The van der Waals surface area contributed by atoms with E-state index in [1.165, 1.54) is 6.07 Å². The predicted octanol–water partition coefficient (Wildman–Crippen LogP) is 2.43. The summed E-state index contributed by atoms with van der Waals surface area (Å²) in [5.74, 6) is -0.532. The van der Waals surface area contributed by atoms with Gasteiger partial charge in [0.25, 0.3) is 0 Å². The zero-order valence-electron chi connectivity index (χ0n) is 12.9. The number of hydrogen-bond acceptors (Lipinski definition) is 3. The fourth-order valence-corrected chi connectivity index (χ4v) is 3.17. The number of halogens is 1. The first-order chi connectivity index (χ1) is 11.1. The van der Waals surface area contributed by atoms with Crippen molar-refractivity contribution < 1.29 is 9.18 Å². The standard InChI is InChI=1S/C18H20FN3O/c19-15-7-2-1-5-13(15)11-14-6-3-8-16(21-14)17-9-4-10-22(17)12-18(20)23/h1-3,5-8,17H,4,9-12H2,(H2,20,23)/t17-/m0/s1. The minimum atomic E-state index is -0.320. The molecule has 1 aliphatic heterocycles. The lowest BCUT2D eigenvalue weighted by Gasteiger charge is -2.22. The molecule has 1 aliphatic rings. The van der Waals surface area contributed by atoms with Gasteiger partial charge in [-0.2, -0.15) is 0 Å². The van der Waals surface area contributed by atoms with Crippen molar-refractivity contribution in [1.82, 2.24) is 9.88 Å². The quantitative estimate of drug-likeness (QED) is 0.922. The summed E-state index contributed by atoms with van der Waals surface area (Å²) in [5, 5.41) is 0. The molecule has 1 atom stereocenters. The highest BCUT2D eigenvalue weighted by Crippen LogP contribution is 2.30. The van der Waals surface area contributed by atoms with Crippen LogP contribution in [0.15, 0.2) is 42.5 Å². The molecule has 2 N–H and O–H groups in total. The van der Waals surface area contributed by atoms with Crippen molar-refractivity contribution in [2.24, 2.45) is 5.73 Å². The summed E-state index contributed by atoms with van der Waals surface area (Å²) in [6.45, 7) is 1.11. The van der Waals surface area contributed by atoms with E-state index in [9.17, 15) is 9.18 Å². The van der Waals surface area contributed by atoms with Crippen LogP contribution in [-0.2, 0) is 11.2 Å². The molecule has 0 unspecified atom stereocenters. The number of nitrogens with two attached hydrogens (primary N) is 1. The van der Waals surface area contributed by atoms with Crippen molar-refractivity contribution in [3.63, 3.8) is 0 Å². The third-order valence-electron chi connectivity index (χ3n) is 4.22. The largest absolute Gasteiger partial charge is 0.369 e. The lowest BCUT2D eigenvalue weighted by atomic mass is 10.1. The number of aromatic nitrogens is 1. The maximum atomic E-state index is 13.8. The SMILES string of the molecule is NC(=O)CN1CCC[C@H]1c1cccc(Cc2ccccc2F)n1. The number of carbonyl (C=O) groups is 1. The molecule has 0 saturated carbocycles. The first kappa shape index (κ1) is 15.6. The Kier molecular flexibility index (Phi) is 4.67. The lowest BCUT2D eigenvalue weighted by molar-refractivity contribution is -0.119. The molecule has 0 bridgehead atoms. The number of nitrogens with zero attached hydrogens (tertiary/aromatic N) is 2. The molecule has 120 valence electrons. The van der Waals surface area contributed by atoms with Gasteiger partial charge in [-0.05, 0) is 43.1 Å². The van der Waals surface area contributed by atoms with Gasteiger partial charge in [0.05, 0.1) is 18.3 Å². The first-order valence-corrected chi connectivity index (χ1v) is 7.85. The van der Waals surface area contributed by atoms with Gasteiger partial charge in [0.1, 0.15) is 5.82 Å². The van der Waals surface area contributed by atoms with E-state index >= 15 is 0 Å². The molecule has 5 heteroatoms. The number of likely N-dealkylation sites (tertiary alicyclic amines) is 1. The molecule has 0 radical (unpaired) electrons. The second-order valence-corrected chi connectivity index (χ2v) is 5.92. The van der Waals surface area contributed by atoms with Gasteiger partial charge in [0.15, 0.2) is 0 Å². The predicted molar refractivity (Wildman–Crippen MR) is 86.2 cm³/mol. The van der Waals surface area contributed by atoms with Crippen molar-refractivity contribution in [2.75, 3.05) is 13.1 Å². The van der Waals surface area contributed by atoms with E-state index in [0.29, 0.717) is 12.0 Å². The van der Waals surface area contributed by atoms with Gasteiger partial charge >= 0.3 is 0 Å². The van der Waals surface area contributed by atoms with Crippen LogP contribution in [0.2, 0.25) is 0 Å². The Morgan fingerprint density at radius 3 is 2.87 bits per heavy atom. The summed E-state index contributed by atoms with van der Waals surface area (Å²) in [7, 11) is 0. The first-order valence-electron chi connectivity index (χ1n) is 7.85. The Balaban J connectivity index is 1.80. The molecule has 2 aromatic rings. The molecule has 4 nitrogen and oxygen atoms in total. The number of primary amides is 1. The Labute approximate surface area is 135 Å². The zero-order chi connectivity index (χ0) is 16.2. The second kappa shape index (κ2) is 6.87. The smallest absolute Gasteiger partial charge is 0.231 e. The summed E-state index contributed by atoms with van der Waals surface area (Å²) in [6, 6.07) is 12.7. The van der Waals surface area contributed by atoms with Crippen LogP contribution in [0.1, 0.15) is 35.8 Å². The van der Waals surface area contributed by atoms with Gasteiger partial charge in [-0.1, -0.05) is 24.3 Å². The summed E-state index contributed by atoms with van der Waals surface area (Å²) >= 11 is 0. The zero-order valence-corrected chi connectivity index (χ0v) is 12.9. The van der Waals surface area contributed by atoms with Crippen molar-refractivity contribution in [3.05, 3.63) is 65.2 Å². The van der Waals surface area contributed by atoms with Gasteiger partial charge in [-0.15, -0.1) is 0 Å². The van der Waals surface area contributed by atoms with Crippen molar-refractivity contribution >= 4 is 5.91 Å². The minimum absolute atomic E-state index is 0.114. The molecule has 23 heavy (non-hydrogen) atoms.